The predicted molar refractivity (Wildman–Crippen MR) is 75.2 cm³/mol. The van der Waals surface area contributed by atoms with E-state index in [2.05, 4.69) is 24.1 Å². The molecule has 0 radical (unpaired) electrons. The summed E-state index contributed by atoms with van der Waals surface area (Å²) in [5.41, 5.74) is 0.359. The highest BCUT2D eigenvalue weighted by atomic mass is 16.5. The number of rotatable bonds is 4. The second kappa shape index (κ2) is 6.59. The van der Waals surface area contributed by atoms with Crippen LogP contribution in [-0.4, -0.2) is 29.5 Å². The van der Waals surface area contributed by atoms with Crippen LogP contribution in [0.2, 0.25) is 0 Å². The predicted octanol–water partition coefficient (Wildman–Crippen LogP) is 2.11. The summed E-state index contributed by atoms with van der Waals surface area (Å²) in [5, 5.41) is 2.97. The van der Waals surface area contributed by atoms with Gasteiger partial charge < -0.3 is 15.0 Å². The molecule has 1 saturated carbocycles. The summed E-state index contributed by atoms with van der Waals surface area (Å²) in [6.07, 6.45) is 5.00. The van der Waals surface area contributed by atoms with E-state index in [1.165, 1.54) is 6.42 Å². The highest BCUT2D eigenvalue weighted by molar-refractivity contribution is 5.89. The summed E-state index contributed by atoms with van der Waals surface area (Å²) in [6, 6.07) is 3.52. The number of amides is 1. The van der Waals surface area contributed by atoms with Gasteiger partial charge in [0.2, 0.25) is 0 Å². The summed E-state index contributed by atoms with van der Waals surface area (Å²) >= 11 is 0. The Morgan fingerprint density at radius 3 is 2.90 bits per heavy atom. The monoisotopic (exact) mass is 278 g/mol. The summed E-state index contributed by atoms with van der Waals surface area (Å²) < 4.78 is 4.97. The van der Waals surface area contributed by atoms with Gasteiger partial charge in [-0.3, -0.25) is 4.79 Å². The van der Waals surface area contributed by atoms with Gasteiger partial charge >= 0.3 is 5.97 Å². The van der Waals surface area contributed by atoms with E-state index < -0.39 is 5.97 Å². The lowest BCUT2D eigenvalue weighted by Gasteiger charge is -2.34. The van der Waals surface area contributed by atoms with Crippen LogP contribution in [-0.2, 0) is 9.53 Å². The van der Waals surface area contributed by atoms with Crippen molar-refractivity contribution in [3.05, 3.63) is 24.0 Å². The van der Waals surface area contributed by atoms with Gasteiger partial charge in [0.25, 0.3) is 5.91 Å². The third-order valence-corrected chi connectivity index (χ3v) is 4.21. The fraction of sp³-hybridized carbons (Fsp3) is 0.600. The van der Waals surface area contributed by atoms with Crippen molar-refractivity contribution < 1.29 is 14.3 Å². The molecule has 1 fully saturated rings. The second-order valence-electron chi connectivity index (χ2n) is 5.60. The van der Waals surface area contributed by atoms with Crippen LogP contribution in [0.3, 0.4) is 0 Å². The van der Waals surface area contributed by atoms with Crippen LogP contribution in [0.4, 0.5) is 0 Å². The Hall–Kier alpha value is -1.78. The molecule has 5 nitrogen and oxygen atoms in total. The molecule has 20 heavy (non-hydrogen) atoms. The normalized spacial score (nSPS) is 26.0. The average Bonchev–Trinajstić information content (AvgIpc) is 2.95. The van der Waals surface area contributed by atoms with Gasteiger partial charge in [-0.05, 0) is 30.4 Å². The van der Waals surface area contributed by atoms with E-state index >= 15 is 0 Å². The maximum atomic E-state index is 11.8. The molecule has 3 atom stereocenters. The third-order valence-electron chi connectivity index (χ3n) is 4.21. The molecule has 2 N–H and O–H groups in total. The van der Waals surface area contributed by atoms with Gasteiger partial charge in [-0.2, -0.15) is 0 Å². The molecule has 1 amide bonds. The topological polar surface area (TPSA) is 71.2 Å². The first-order valence-electron chi connectivity index (χ1n) is 7.18. The van der Waals surface area contributed by atoms with Gasteiger partial charge in [-0.1, -0.05) is 26.7 Å². The molecule has 1 heterocycles. The van der Waals surface area contributed by atoms with Crippen LogP contribution in [0.25, 0.3) is 0 Å². The lowest BCUT2D eigenvalue weighted by Crippen LogP contribution is -2.45. The maximum absolute atomic E-state index is 11.8. The van der Waals surface area contributed by atoms with Gasteiger partial charge in [-0.25, -0.2) is 4.79 Å². The minimum absolute atomic E-state index is 0.190. The molecule has 0 saturated heterocycles. The fourth-order valence-corrected chi connectivity index (χ4v) is 2.70. The van der Waals surface area contributed by atoms with E-state index in [1.807, 2.05) is 0 Å². The Balaban J connectivity index is 1.76. The first-order chi connectivity index (χ1) is 9.58. The van der Waals surface area contributed by atoms with Crippen LogP contribution in [0.5, 0.6) is 0 Å². The number of H-pyrrole nitrogens is 1. The van der Waals surface area contributed by atoms with Crippen LogP contribution >= 0.6 is 0 Å². The Morgan fingerprint density at radius 2 is 2.20 bits per heavy atom. The standard InChI is InChI=1S/C15H22N2O3/c1-10-5-3-6-12(11(10)2)17-14(18)9-20-15(19)13-7-4-8-16-13/h4,7-8,10-12,16H,3,5-6,9H2,1-2H3,(H,17,18)/t10-,11-,12+/m1/s1. The highest BCUT2D eigenvalue weighted by Gasteiger charge is 2.28. The van der Waals surface area contributed by atoms with Gasteiger partial charge in [0.05, 0.1) is 0 Å². The highest BCUT2D eigenvalue weighted by Crippen LogP contribution is 2.29. The van der Waals surface area contributed by atoms with Crippen LogP contribution in [0.15, 0.2) is 18.3 Å². The van der Waals surface area contributed by atoms with Gasteiger partial charge in [0.1, 0.15) is 5.69 Å². The summed E-state index contributed by atoms with van der Waals surface area (Å²) in [6.45, 7) is 4.16. The molecule has 1 aliphatic carbocycles. The molecular formula is C15H22N2O3. The summed E-state index contributed by atoms with van der Waals surface area (Å²) in [4.78, 5) is 26.2. The molecule has 2 rings (SSSR count). The molecule has 110 valence electrons. The fourth-order valence-electron chi connectivity index (χ4n) is 2.70. The molecule has 1 aliphatic rings. The van der Waals surface area contributed by atoms with E-state index in [4.69, 9.17) is 4.74 Å². The van der Waals surface area contributed by atoms with Crippen molar-refractivity contribution in [2.45, 2.75) is 39.2 Å². The molecule has 0 aromatic carbocycles. The van der Waals surface area contributed by atoms with Crippen molar-refractivity contribution in [1.82, 2.24) is 10.3 Å². The van der Waals surface area contributed by atoms with E-state index in [-0.39, 0.29) is 18.6 Å². The molecule has 5 heteroatoms. The molecule has 0 bridgehead atoms. The van der Waals surface area contributed by atoms with Crippen molar-refractivity contribution >= 4 is 11.9 Å². The zero-order valence-electron chi connectivity index (χ0n) is 12.0. The largest absolute Gasteiger partial charge is 0.451 e. The first-order valence-corrected chi connectivity index (χ1v) is 7.18. The Labute approximate surface area is 119 Å². The van der Waals surface area contributed by atoms with E-state index in [1.54, 1.807) is 18.3 Å². The van der Waals surface area contributed by atoms with Crippen molar-refractivity contribution in [2.24, 2.45) is 11.8 Å². The van der Waals surface area contributed by atoms with Gasteiger partial charge in [0, 0.05) is 12.2 Å². The van der Waals surface area contributed by atoms with E-state index in [9.17, 15) is 9.59 Å². The Morgan fingerprint density at radius 1 is 1.40 bits per heavy atom. The lowest BCUT2D eigenvalue weighted by atomic mass is 9.78. The van der Waals surface area contributed by atoms with Crippen LogP contribution in [0, 0.1) is 11.8 Å². The maximum Gasteiger partial charge on any atom is 0.355 e. The summed E-state index contributed by atoms with van der Waals surface area (Å²) in [7, 11) is 0. The second-order valence-corrected chi connectivity index (χ2v) is 5.60. The van der Waals surface area contributed by atoms with Crippen LogP contribution in [0.1, 0.15) is 43.6 Å². The SMILES string of the molecule is C[C@@H]1[C@H](C)CCC[C@@H]1NC(=O)COC(=O)c1ccc[nH]1. The molecule has 0 spiro atoms. The number of nitrogens with one attached hydrogen (secondary N) is 2. The smallest absolute Gasteiger partial charge is 0.355 e. The number of hydrogen-bond donors (Lipinski definition) is 2. The van der Waals surface area contributed by atoms with Crippen molar-refractivity contribution in [3.63, 3.8) is 0 Å². The third kappa shape index (κ3) is 3.62. The number of aromatic amines is 1. The molecule has 0 aliphatic heterocycles. The van der Waals surface area contributed by atoms with Gasteiger partial charge in [0.15, 0.2) is 6.61 Å². The van der Waals surface area contributed by atoms with Crippen molar-refractivity contribution in [3.8, 4) is 0 Å². The lowest BCUT2D eigenvalue weighted by molar-refractivity contribution is -0.125. The number of hydrogen-bond acceptors (Lipinski definition) is 3. The average molecular weight is 278 g/mol. The molecule has 0 unspecified atom stereocenters. The van der Waals surface area contributed by atoms with Crippen LogP contribution < -0.4 is 5.32 Å². The Kier molecular flexibility index (Phi) is 4.82. The number of carbonyl (C=O) groups is 2. The van der Waals surface area contributed by atoms with Crippen molar-refractivity contribution in [2.75, 3.05) is 6.61 Å². The number of esters is 1. The van der Waals surface area contributed by atoms with E-state index in [0.29, 0.717) is 17.5 Å². The zero-order chi connectivity index (χ0) is 14.5. The summed E-state index contributed by atoms with van der Waals surface area (Å²) in [5.74, 6) is 0.355. The van der Waals surface area contributed by atoms with E-state index in [0.717, 1.165) is 12.8 Å². The first kappa shape index (κ1) is 14.6. The van der Waals surface area contributed by atoms with Crippen molar-refractivity contribution in [1.29, 1.82) is 0 Å². The van der Waals surface area contributed by atoms with Gasteiger partial charge in [-0.15, -0.1) is 0 Å². The number of carbonyl (C=O) groups excluding carboxylic acids is 2. The molecule has 1 aromatic rings. The minimum Gasteiger partial charge on any atom is -0.451 e. The molecule has 1 aromatic heterocycles. The Bertz CT molecular complexity index is 456. The minimum atomic E-state index is -0.504. The number of ether oxygens (including phenoxy) is 1. The molecular weight excluding hydrogens is 256 g/mol. The zero-order valence-corrected chi connectivity index (χ0v) is 12.0. The number of aromatic nitrogens is 1. The quantitative estimate of drug-likeness (QED) is 0.829.